The molecule has 116 valence electrons. The highest BCUT2D eigenvalue weighted by Gasteiger charge is 1.99. The van der Waals surface area contributed by atoms with Gasteiger partial charge in [0.15, 0.2) is 0 Å². The van der Waals surface area contributed by atoms with Gasteiger partial charge in [-0.15, -0.1) is 0 Å². The first kappa shape index (κ1) is 17.5. The number of rotatable bonds is 11. The standard InChI is InChI=1S/C19H28O2/c1-2-3-4-5-6-7-8-9-10-11-12-17-13-15-18(16-14-17)19(20)21/h11-16H,2-10H2,1H3,(H,20,21)/b12-11+. The van der Waals surface area contributed by atoms with E-state index in [1.807, 2.05) is 12.1 Å². The van der Waals surface area contributed by atoms with Crippen LogP contribution in [0.2, 0.25) is 0 Å². The Kier molecular flexibility index (Phi) is 9.26. The zero-order valence-corrected chi connectivity index (χ0v) is 13.2. The molecule has 1 N–H and O–H groups in total. The van der Waals surface area contributed by atoms with Crippen LogP contribution in [0.4, 0.5) is 0 Å². The van der Waals surface area contributed by atoms with Gasteiger partial charge in [-0.2, -0.15) is 0 Å². The monoisotopic (exact) mass is 288 g/mol. The Morgan fingerprint density at radius 3 is 2.10 bits per heavy atom. The number of unbranched alkanes of at least 4 members (excludes halogenated alkanes) is 8. The third-order valence-electron chi connectivity index (χ3n) is 3.69. The van der Waals surface area contributed by atoms with Crippen molar-refractivity contribution >= 4 is 12.0 Å². The van der Waals surface area contributed by atoms with Crippen molar-refractivity contribution in [3.63, 3.8) is 0 Å². The summed E-state index contributed by atoms with van der Waals surface area (Å²) in [4.78, 5) is 10.7. The predicted molar refractivity (Wildman–Crippen MR) is 89.7 cm³/mol. The van der Waals surface area contributed by atoms with E-state index in [4.69, 9.17) is 5.11 Å². The summed E-state index contributed by atoms with van der Waals surface area (Å²) < 4.78 is 0. The maximum Gasteiger partial charge on any atom is 0.335 e. The molecule has 21 heavy (non-hydrogen) atoms. The van der Waals surface area contributed by atoms with E-state index in [1.54, 1.807) is 12.1 Å². The molecule has 0 aliphatic rings. The number of benzene rings is 1. The van der Waals surface area contributed by atoms with Gasteiger partial charge < -0.3 is 5.11 Å². The topological polar surface area (TPSA) is 37.3 Å². The maximum absolute atomic E-state index is 10.7. The third kappa shape index (κ3) is 8.34. The first-order chi connectivity index (χ1) is 10.2. The average molecular weight is 288 g/mol. The molecule has 0 saturated carbocycles. The first-order valence-corrected chi connectivity index (χ1v) is 8.24. The van der Waals surface area contributed by atoms with Crippen LogP contribution in [0.3, 0.4) is 0 Å². The molecule has 0 aromatic heterocycles. The first-order valence-electron chi connectivity index (χ1n) is 8.24. The normalized spacial score (nSPS) is 11.1. The van der Waals surface area contributed by atoms with Gasteiger partial charge >= 0.3 is 5.97 Å². The Bertz CT molecular complexity index is 418. The second-order valence-corrected chi connectivity index (χ2v) is 5.59. The lowest BCUT2D eigenvalue weighted by molar-refractivity contribution is 0.0697. The van der Waals surface area contributed by atoms with Gasteiger partial charge in [0.1, 0.15) is 0 Å². The minimum absolute atomic E-state index is 0.343. The summed E-state index contributed by atoms with van der Waals surface area (Å²) in [6, 6.07) is 7.01. The van der Waals surface area contributed by atoms with Crippen LogP contribution >= 0.6 is 0 Å². The molecule has 2 nitrogen and oxygen atoms in total. The number of carboxylic acids is 1. The van der Waals surface area contributed by atoms with Crippen molar-refractivity contribution in [3.8, 4) is 0 Å². The fourth-order valence-corrected chi connectivity index (χ4v) is 2.35. The predicted octanol–water partition coefficient (Wildman–Crippen LogP) is 5.93. The minimum Gasteiger partial charge on any atom is -0.478 e. The Hall–Kier alpha value is -1.57. The second kappa shape index (κ2) is 11.1. The highest BCUT2D eigenvalue weighted by atomic mass is 16.4. The summed E-state index contributed by atoms with van der Waals surface area (Å²) in [6.07, 6.45) is 16.1. The van der Waals surface area contributed by atoms with Crippen molar-refractivity contribution in [1.82, 2.24) is 0 Å². The molecule has 0 saturated heterocycles. The lowest BCUT2D eigenvalue weighted by Crippen LogP contribution is -1.94. The van der Waals surface area contributed by atoms with Crippen molar-refractivity contribution in [3.05, 3.63) is 41.5 Å². The summed E-state index contributed by atoms with van der Waals surface area (Å²) in [6.45, 7) is 2.25. The van der Waals surface area contributed by atoms with Gasteiger partial charge in [0.05, 0.1) is 5.56 Å². The van der Waals surface area contributed by atoms with Crippen LogP contribution in [-0.2, 0) is 0 Å². The van der Waals surface area contributed by atoms with Crippen LogP contribution in [0.15, 0.2) is 30.3 Å². The van der Waals surface area contributed by atoms with Crippen LogP contribution in [-0.4, -0.2) is 11.1 Å². The zero-order valence-electron chi connectivity index (χ0n) is 13.2. The fourth-order valence-electron chi connectivity index (χ4n) is 2.35. The summed E-state index contributed by atoms with van der Waals surface area (Å²) in [5.41, 5.74) is 1.41. The van der Waals surface area contributed by atoms with E-state index in [0.29, 0.717) is 5.56 Å². The van der Waals surface area contributed by atoms with Crippen LogP contribution in [0.5, 0.6) is 0 Å². The van der Waals surface area contributed by atoms with E-state index in [-0.39, 0.29) is 0 Å². The Morgan fingerprint density at radius 1 is 0.952 bits per heavy atom. The molecule has 0 aliphatic carbocycles. The van der Waals surface area contributed by atoms with Gasteiger partial charge in [-0.05, 0) is 30.5 Å². The van der Waals surface area contributed by atoms with Crippen LogP contribution < -0.4 is 0 Å². The third-order valence-corrected chi connectivity index (χ3v) is 3.69. The Balaban J connectivity index is 2.08. The number of carboxylic acid groups (broad SMARTS) is 1. The molecule has 1 aromatic rings. The van der Waals surface area contributed by atoms with E-state index in [9.17, 15) is 4.79 Å². The zero-order chi connectivity index (χ0) is 15.3. The lowest BCUT2D eigenvalue weighted by atomic mass is 10.1. The van der Waals surface area contributed by atoms with E-state index in [1.165, 1.54) is 51.4 Å². The van der Waals surface area contributed by atoms with Crippen LogP contribution in [0, 0.1) is 0 Å². The molecule has 0 bridgehead atoms. The molecule has 1 rings (SSSR count). The van der Waals surface area contributed by atoms with E-state index in [2.05, 4.69) is 19.1 Å². The Labute approximate surface area is 128 Å². The average Bonchev–Trinajstić information content (AvgIpc) is 2.49. The molecule has 0 aliphatic heterocycles. The van der Waals surface area contributed by atoms with Crippen LogP contribution in [0.1, 0.15) is 80.6 Å². The number of carbonyl (C=O) groups is 1. The smallest absolute Gasteiger partial charge is 0.335 e. The van der Waals surface area contributed by atoms with Crippen molar-refractivity contribution in [2.75, 3.05) is 0 Å². The summed E-state index contributed by atoms with van der Waals surface area (Å²) in [5, 5.41) is 8.82. The van der Waals surface area contributed by atoms with Gasteiger partial charge in [0, 0.05) is 0 Å². The highest BCUT2D eigenvalue weighted by molar-refractivity contribution is 5.87. The largest absolute Gasteiger partial charge is 0.478 e. The SMILES string of the molecule is CCCCCCCCCC/C=C/c1ccc(C(=O)O)cc1. The molecule has 0 unspecified atom stereocenters. The van der Waals surface area contributed by atoms with E-state index >= 15 is 0 Å². The van der Waals surface area contributed by atoms with Gasteiger partial charge in [-0.25, -0.2) is 4.79 Å². The lowest BCUT2D eigenvalue weighted by Gasteiger charge is -2.00. The number of hydrogen-bond donors (Lipinski definition) is 1. The van der Waals surface area contributed by atoms with Crippen molar-refractivity contribution in [2.45, 2.75) is 64.7 Å². The molecule has 0 heterocycles. The molecule has 2 heteroatoms. The molecule has 0 atom stereocenters. The molecule has 0 spiro atoms. The highest BCUT2D eigenvalue weighted by Crippen LogP contribution is 2.11. The van der Waals surface area contributed by atoms with Gasteiger partial charge in [0.2, 0.25) is 0 Å². The van der Waals surface area contributed by atoms with E-state index in [0.717, 1.165) is 12.0 Å². The number of aromatic carboxylic acids is 1. The molecule has 0 amide bonds. The molecule has 0 radical (unpaired) electrons. The van der Waals surface area contributed by atoms with Crippen LogP contribution in [0.25, 0.3) is 6.08 Å². The number of allylic oxidation sites excluding steroid dienone is 1. The van der Waals surface area contributed by atoms with Gasteiger partial charge in [0.25, 0.3) is 0 Å². The Morgan fingerprint density at radius 2 is 1.52 bits per heavy atom. The van der Waals surface area contributed by atoms with Gasteiger partial charge in [-0.3, -0.25) is 0 Å². The van der Waals surface area contributed by atoms with Crippen molar-refractivity contribution < 1.29 is 9.90 Å². The summed E-state index contributed by atoms with van der Waals surface area (Å²) in [7, 11) is 0. The summed E-state index contributed by atoms with van der Waals surface area (Å²) >= 11 is 0. The van der Waals surface area contributed by atoms with E-state index < -0.39 is 5.97 Å². The minimum atomic E-state index is -0.871. The number of hydrogen-bond acceptors (Lipinski definition) is 1. The molecular formula is C19H28O2. The second-order valence-electron chi connectivity index (χ2n) is 5.59. The quantitative estimate of drug-likeness (QED) is 0.512. The van der Waals surface area contributed by atoms with Gasteiger partial charge in [-0.1, -0.05) is 76.2 Å². The molecular weight excluding hydrogens is 260 g/mol. The summed E-state index contributed by atoms with van der Waals surface area (Å²) in [5.74, 6) is -0.871. The van der Waals surface area contributed by atoms with Crippen molar-refractivity contribution in [1.29, 1.82) is 0 Å². The maximum atomic E-state index is 10.7. The molecule has 1 aromatic carbocycles. The van der Waals surface area contributed by atoms with Crippen molar-refractivity contribution in [2.24, 2.45) is 0 Å². The fraction of sp³-hybridized carbons (Fsp3) is 0.526. The molecule has 0 fully saturated rings.